The van der Waals surface area contributed by atoms with Crippen LogP contribution < -0.4 is 0 Å². The lowest BCUT2D eigenvalue weighted by molar-refractivity contribution is 0.376. The first kappa shape index (κ1) is 100. The predicted octanol–water partition coefficient (Wildman–Crippen LogP) is 36.2. The van der Waals surface area contributed by atoms with E-state index in [1.807, 2.05) is 0 Å². The van der Waals surface area contributed by atoms with Gasteiger partial charge in [-0.05, 0) is 326 Å². The highest BCUT2D eigenvalue weighted by atomic mass is 14.4. The molecule has 1 aromatic carbocycles. The van der Waals surface area contributed by atoms with E-state index in [0.717, 1.165) is 6.42 Å². The largest absolute Gasteiger partial charge is 0.0847 e. The van der Waals surface area contributed by atoms with Gasteiger partial charge in [0.25, 0.3) is 0 Å². The van der Waals surface area contributed by atoms with Gasteiger partial charge in [0.2, 0.25) is 0 Å². The van der Waals surface area contributed by atoms with E-state index in [9.17, 15) is 0 Å². The van der Waals surface area contributed by atoms with E-state index in [1.54, 1.807) is 39.0 Å². The molecule has 610 valence electrons. The van der Waals surface area contributed by atoms with E-state index in [4.69, 9.17) is 0 Å². The lowest BCUT2D eigenvalue weighted by Crippen LogP contribution is -2.19. The SMILES string of the molecule is C/C=C(C)/C=C/C(C)=C(C)\C=C\C1=C(C)CCCC1(C)C.C/C=C(C)/C=C/C=C(\C=C\C1=C(C)CCCC1(C)C)C(C)(C)C.C/C=C(C)/C=C/C=C(\C=C\C1=C(C)CCCC1(C)C)C(C)C.C/C=C(C)/C=C/C=C(\C=C\C1=C(C)CCCC1(C)C)CCC.C/C=C(C)/C=C/c1ccccc1/C=C/C1=C(C)CCCC1(C)C. The van der Waals surface area contributed by atoms with Crippen LogP contribution in [0.3, 0.4) is 0 Å². The van der Waals surface area contributed by atoms with Gasteiger partial charge >= 0.3 is 0 Å². The number of allylic oxidation sites excluding steroid dienone is 46. The summed E-state index contributed by atoms with van der Waals surface area (Å²) in [6.45, 7) is 74.3. The molecule has 0 heteroatoms. The van der Waals surface area contributed by atoms with Crippen molar-refractivity contribution in [3.63, 3.8) is 0 Å². The molecule has 0 aliphatic heterocycles. The van der Waals surface area contributed by atoms with Gasteiger partial charge < -0.3 is 0 Å². The van der Waals surface area contributed by atoms with Crippen molar-refractivity contribution in [1.82, 2.24) is 0 Å². The van der Waals surface area contributed by atoms with Crippen LogP contribution in [0, 0.1) is 38.4 Å². The molecule has 0 heterocycles. The fraction of sp³-hybridized carbons (Fsp3) is 0.514. The molecule has 0 unspecified atom stereocenters. The van der Waals surface area contributed by atoms with Crippen LogP contribution in [-0.2, 0) is 0 Å². The van der Waals surface area contributed by atoms with Gasteiger partial charge in [0.05, 0.1) is 0 Å². The van der Waals surface area contributed by atoms with E-state index in [2.05, 4.69) is 423 Å². The van der Waals surface area contributed by atoms with Crippen molar-refractivity contribution < 1.29 is 0 Å². The average Bonchev–Trinajstić information content (AvgIpc) is 0.848. The topological polar surface area (TPSA) is 0 Å². The van der Waals surface area contributed by atoms with Gasteiger partial charge in [-0.15, -0.1) is 0 Å². The third-order valence-electron chi connectivity index (χ3n) is 24.0. The molecule has 5 aliphatic carbocycles. The molecule has 0 N–H and O–H groups in total. The molecule has 6 rings (SSSR count). The fourth-order valence-corrected chi connectivity index (χ4v) is 15.5. The molecular formula is C111H166. The second kappa shape index (κ2) is 49.6. The van der Waals surface area contributed by atoms with Crippen LogP contribution >= 0.6 is 0 Å². The van der Waals surface area contributed by atoms with Crippen LogP contribution in [0.25, 0.3) is 12.2 Å². The van der Waals surface area contributed by atoms with Crippen LogP contribution in [0.1, 0.15) is 349 Å². The summed E-state index contributed by atoms with van der Waals surface area (Å²) in [7, 11) is 0. The zero-order chi connectivity index (χ0) is 83.9. The average molecular weight is 1500 g/mol. The summed E-state index contributed by atoms with van der Waals surface area (Å²) in [5.74, 6) is 0.541. The number of rotatable bonds is 23. The number of hydrogen-bond donors (Lipinski definition) is 0. The van der Waals surface area contributed by atoms with Gasteiger partial charge in [0.1, 0.15) is 0 Å². The third-order valence-corrected chi connectivity index (χ3v) is 24.0. The van der Waals surface area contributed by atoms with Crippen molar-refractivity contribution in [2.45, 2.75) is 338 Å². The van der Waals surface area contributed by atoms with Gasteiger partial charge in [-0.1, -0.05) is 367 Å². The highest BCUT2D eigenvalue weighted by molar-refractivity contribution is 5.68. The minimum absolute atomic E-state index is 0.151. The smallest absolute Gasteiger partial charge is 0.0104 e. The molecule has 0 saturated heterocycles. The van der Waals surface area contributed by atoms with Gasteiger partial charge in [-0.3, -0.25) is 0 Å². The van der Waals surface area contributed by atoms with Gasteiger partial charge in [0.15, 0.2) is 0 Å². The minimum atomic E-state index is 0.151. The Bertz CT molecular complexity index is 3950. The van der Waals surface area contributed by atoms with E-state index >= 15 is 0 Å². The van der Waals surface area contributed by atoms with Crippen LogP contribution in [0.15, 0.2) is 294 Å². The monoisotopic (exact) mass is 1500 g/mol. The number of benzene rings is 1. The Morgan fingerprint density at radius 3 is 1.04 bits per heavy atom. The Labute approximate surface area is 688 Å². The summed E-state index contributed by atoms with van der Waals surface area (Å²) in [5.41, 5.74) is 33.1. The molecule has 0 nitrogen and oxygen atoms in total. The van der Waals surface area contributed by atoms with Gasteiger partial charge in [0, 0.05) is 0 Å². The van der Waals surface area contributed by atoms with E-state index < -0.39 is 0 Å². The molecule has 0 radical (unpaired) electrons. The summed E-state index contributed by atoms with van der Waals surface area (Å²) in [6.07, 6.45) is 84.4. The quantitative estimate of drug-likeness (QED) is 0.0958. The van der Waals surface area contributed by atoms with Crippen molar-refractivity contribution in [1.29, 1.82) is 0 Å². The predicted molar refractivity (Wildman–Crippen MR) is 508 cm³/mol. The molecule has 111 heavy (non-hydrogen) atoms. The maximum atomic E-state index is 2.38. The first-order valence-electron chi connectivity index (χ1n) is 43.3. The molecule has 0 saturated carbocycles. The molecule has 0 fully saturated rings. The van der Waals surface area contributed by atoms with Crippen LogP contribution in [0.2, 0.25) is 0 Å². The standard InChI is InChI=1S/C23H30.C23H36.2C22H34.C21H32/c1-6-18(2)13-14-20-11-7-8-12-21(20)15-16-22-19(3)10-9-17-23(22,4)5;1-9-18(2)12-10-14-20(22(4,5)6)15-16-21-19(3)13-11-17-23(21,7)8;1-8-18(4)11-9-13-20(17(2)3)14-15-21-19(5)12-10-16-22(21,6)7;1-7-11-20(14-9-12-18(3)8-2)15-16-21-19(4)13-10-17-22(21,5)6;1-8-16(2)11-12-17(3)18(4)13-14-20-19(5)10-9-15-21(20,6)7/h6-8,11-16H,9-10,17H2,1-5H3;9-10,12,14-16H,11,13,17H2,1-8H3;8-9,11,13-15,17H,10,12,16H2,1-7H3;8-9,12,14-16H,7,10-11,13,17H2,1-6H3;8,11-14H,9-10,15H2,1-7H3/b14-13+,16-15+,18-6+;12-10+,16-15+,18-9+,20-14+;11-9+,15-14+,18-8+,20-13+;12-9+,16-15+,18-8+,20-14-;12-11+,14-13+,16-8+,18-17-. The third kappa shape index (κ3) is 36.8. The van der Waals surface area contributed by atoms with Crippen LogP contribution in [0.5, 0.6) is 0 Å². The van der Waals surface area contributed by atoms with Crippen LogP contribution in [0.4, 0.5) is 0 Å². The molecule has 0 spiro atoms. The molecular weight excluding hydrogens is 1330 g/mol. The lowest BCUT2D eigenvalue weighted by atomic mass is 9.72. The van der Waals surface area contributed by atoms with Gasteiger partial charge in [-0.25, -0.2) is 0 Å². The van der Waals surface area contributed by atoms with Gasteiger partial charge in [-0.2, -0.15) is 0 Å². The molecule has 0 aromatic heterocycles. The Kier molecular flexibility index (Phi) is 44.7. The molecule has 0 bridgehead atoms. The summed E-state index contributed by atoms with van der Waals surface area (Å²) < 4.78 is 0. The highest BCUT2D eigenvalue weighted by Crippen LogP contribution is 2.46. The molecule has 1 aromatic rings. The molecule has 0 atom stereocenters. The Morgan fingerprint density at radius 1 is 0.360 bits per heavy atom. The maximum absolute atomic E-state index is 2.38. The van der Waals surface area contributed by atoms with Crippen molar-refractivity contribution in [2.75, 3.05) is 0 Å². The van der Waals surface area contributed by atoms with Crippen molar-refractivity contribution in [3.8, 4) is 0 Å². The summed E-state index contributed by atoms with van der Waals surface area (Å²) in [6, 6.07) is 8.61. The zero-order valence-electron chi connectivity index (χ0n) is 78.1. The summed E-state index contributed by atoms with van der Waals surface area (Å²) in [5, 5.41) is 0. The second-order valence-electron chi connectivity index (χ2n) is 37.4. The van der Waals surface area contributed by atoms with E-state index in [0.29, 0.717) is 33.0 Å². The van der Waals surface area contributed by atoms with Crippen molar-refractivity contribution in [2.24, 2.45) is 38.4 Å². The number of hydrogen-bond acceptors (Lipinski definition) is 0. The summed E-state index contributed by atoms with van der Waals surface area (Å²) in [4.78, 5) is 0. The van der Waals surface area contributed by atoms with Crippen molar-refractivity contribution in [3.05, 3.63) is 305 Å². The van der Waals surface area contributed by atoms with E-state index in [-0.39, 0.29) is 5.41 Å². The molecule has 0 amide bonds. The minimum Gasteiger partial charge on any atom is -0.0847 e. The zero-order valence-corrected chi connectivity index (χ0v) is 78.1. The maximum Gasteiger partial charge on any atom is -0.0104 e. The fourth-order valence-electron chi connectivity index (χ4n) is 15.5. The highest BCUT2D eigenvalue weighted by Gasteiger charge is 2.31. The first-order valence-corrected chi connectivity index (χ1v) is 43.3. The van der Waals surface area contributed by atoms with Crippen LogP contribution in [-0.4, -0.2) is 0 Å². The second-order valence-corrected chi connectivity index (χ2v) is 37.4. The first-order chi connectivity index (χ1) is 52.0. The van der Waals surface area contributed by atoms with Crippen molar-refractivity contribution >= 4 is 12.2 Å². The summed E-state index contributed by atoms with van der Waals surface area (Å²) >= 11 is 0. The lowest BCUT2D eigenvalue weighted by Gasteiger charge is -2.33. The van der Waals surface area contributed by atoms with E-state index in [1.165, 1.54) is 186 Å². The molecule has 5 aliphatic rings. The Balaban J connectivity index is 0.000000471. The normalized spacial score (nSPS) is 20.5. The Hall–Kier alpha value is -7.02. The Morgan fingerprint density at radius 2 is 0.676 bits per heavy atom.